The Balaban J connectivity index is 0.000000325. The van der Waals surface area contributed by atoms with Gasteiger partial charge in [-0.2, -0.15) is 0 Å². The number of carbonyl (C=O) groups excluding carboxylic acids is 1. The first-order valence-electron chi connectivity index (χ1n) is 5.63. The van der Waals surface area contributed by atoms with Crippen LogP contribution in [-0.4, -0.2) is 52.9 Å². The summed E-state index contributed by atoms with van der Waals surface area (Å²) in [7, 11) is 1.96. The number of likely N-dealkylation sites (N-methyl/N-ethyl adjacent to an activating group) is 1. The minimum absolute atomic E-state index is 0.140. The minimum atomic E-state index is -0.963. The summed E-state index contributed by atoms with van der Waals surface area (Å²) in [5, 5.41) is 19.2. The summed E-state index contributed by atoms with van der Waals surface area (Å²) >= 11 is 0. The highest BCUT2D eigenvalue weighted by Gasteiger charge is 2.28. The van der Waals surface area contributed by atoms with E-state index in [2.05, 4.69) is 19.2 Å². The zero-order valence-electron chi connectivity index (χ0n) is 10.8. The lowest BCUT2D eigenvalue weighted by atomic mass is 10.1. The topological polar surface area (TPSA) is 89.9 Å². The van der Waals surface area contributed by atoms with Crippen molar-refractivity contribution in [3.63, 3.8) is 0 Å². The van der Waals surface area contributed by atoms with Gasteiger partial charge in [-0.15, -0.1) is 0 Å². The number of amides is 1. The van der Waals surface area contributed by atoms with Crippen molar-refractivity contribution >= 4 is 11.9 Å². The number of aliphatic hydroxyl groups excluding tert-OH is 1. The van der Waals surface area contributed by atoms with Gasteiger partial charge in [0.25, 0.3) is 0 Å². The molecule has 1 saturated heterocycles. The van der Waals surface area contributed by atoms with Crippen molar-refractivity contribution in [2.75, 3.05) is 13.6 Å². The van der Waals surface area contributed by atoms with Crippen LogP contribution in [0.15, 0.2) is 0 Å². The van der Waals surface area contributed by atoms with E-state index in [1.54, 1.807) is 0 Å². The quantitative estimate of drug-likeness (QED) is 0.645. The first-order chi connectivity index (χ1) is 7.73. The molecule has 0 bridgehead atoms. The van der Waals surface area contributed by atoms with E-state index in [1.165, 1.54) is 6.92 Å². The molecule has 6 nitrogen and oxygen atoms in total. The van der Waals surface area contributed by atoms with Gasteiger partial charge in [-0.1, -0.05) is 13.8 Å². The van der Waals surface area contributed by atoms with Crippen molar-refractivity contribution in [3.05, 3.63) is 0 Å². The molecule has 2 unspecified atom stereocenters. The van der Waals surface area contributed by atoms with E-state index in [1.807, 2.05) is 11.9 Å². The number of nitrogens with zero attached hydrogens (tertiary/aromatic N) is 1. The summed E-state index contributed by atoms with van der Waals surface area (Å²) in [6.07, 6.45) is -0.648. The van der Waals surface area contributed by atoms with E-state index in [-0.39, 0.29) is 18.5 Å². The Bertz CT molecular complexity index is 266. The van der Waals surface area contributed by atoms with Crippen LogP contribution in [0.3, 0.4) is 0 Å². The lowest BCUT2D eigenvalue weighted by Gasteiger charge is -2.21. The Labute approximate surface area is 102 Å². The Morgan fingerprint density at radius 1 is 1.53 bits per heavy atom. The number of carboxylic acids is 1. The molecule has 1 rings (SSSR count). The van der Waals surface area contributed by atoms with Gasteiger partial charge in [0.15, 0.2) is 0 Å². The highest BCUT2D eigenvalue weighted by Crippen LogP contribution is 2.09. The third-order valence-electron chi connectivity index (χ3n) is 2.28. The smallest absolute Gasteiger partial charge is 0.305 e. The normalized spacial score (nSPS) is 21.8. The molecule has 1 aliphatic rings. The van der Waals surface area contributed by atoms with Crippen LogP contribution in [0.1, 0.15) is 27.2 Å². The molecule has 100 valence electrons. The lowest BCUT2D eigenvalue weighted by Crippen LogP contribution is -2.38. The van der Waals surface area contributed by atoms with Crippen LogP contribution < -0.4 is 5.32 Å². The summed E-state index contributed by atoms with van der Waals surface area (Å²) in [5.74, 6) is -0.326. The molecule has 0 radical (unpaired) electrons. The summed E-state index contributed by atoms with van der Waals surface area (Å²) in [6.45, 7) is 6.19. The number of aliphatic carboxylic acids is 1. The summed E-state index contributed by atoms with van der Waals surface area (Å²) in [6, 6.07) is 0. The number of hydrogen-bond donors (Lipinski definition) is 3. The standard InChI is InChI=1S/C7H14N2O.C4H8O3/c1-5(2)7-8-6(10)4-9(7)3;1-3(5)2-4(6)7/h5,7H,4H2,1-3H3,(H,8,10);3,5H,2H2,1H3,(H,6,7). The first kappa shape index (κ1) is 15.9. The molecule has 0 aromatic heterocycles. The fourth-order valence-electron chi connectivity index (χ4n) is 1.57. The Morgan fingerprint density at radius 3 is 2.18 bits per heavy atom. The maximum absolute atomic E-state index is 10.8. The second-order valence-corrected chi connectivity index (χ2v) is 4.62. The van der Waals surface area contributed by atoms with Gasteiger partial charge in [-0.25, -0.2) is 0 Å². The van der Waals surface area contributed by atoms with Gasteiger partial charge < -0.3 is 15.5 Å². The van der Waals surface area contributed by atoms with Gasteiger partial charge in [0.2, 0.25) is 5.91 Å². The molecule has 0 aliphatic carbocycles. The van der Waals surface area contributed by atoms with Gasteiger partial charge in [0, 0.05) is 0 Å². The lowest BCUT2D eigenvalue weighted by molar-refractivity contribution is -0.138. The van der Waals surface area contributed by atoms with Crippen molar-refractivity contribution in [3.8, 4) is 0 Å². The summed E-state index contributed by atoms with van der Waals surface area (Å²) < 4.78 is 0. The maximum Gasteiger partial charge on any atom is 0.305 e. The van der Waals surface area contributed by atoms with E-state index in [0.29, 0.717) is 12.5 Å². The SMILES string of the molecule is CC(C)C1NC(=O)CN1C.CC(O)CC(=O)O. The molecule has 0 aromatic carbocycles. The van der Waals surface area contributed by atoms with Crippen molar-refractivity contribution in [2.24, 2.45) is 5.92 Å². The monoisotopic (exact) mass is 246 g/mol. The van der Waals surface area contributed by atoms with E-state index in [4.69, 9.17) is 10.2 Å². The van der Waals surface area contributed by atoms with Crippen molar-refractivity contribution in [1.82, 2.24) is 10.2 Å². The van der Waals surface area contributed by atoms with Crippen LogP contribution in [0, 0.1) is 5.92 Å². The fraction of sp³-hybridized carbons (Fsp3) is 0.818. The van der Waals surface area contributed by atoms with Crippen molar-refractivity contribution in [1.29, 1.82) is 0 Å². The Hall–Kier alpha value is -1.14. The minimum Gasteiger partial charge on any atom is -0.481 e. The van der Waals surface area contributed by atoms with Gasteiger partial charge in [-0.05, 0) is 19.9 Å². The maximum atomic E-state index is 10.8. The third kappa shape index (κ3) is 6.91. The molecular weight excluding hydrogens is 224 g/mol. The van der Waals surface area contributed by atoms with Gasteiger partial charge in [0.1, 0.15) is 0 Å². The van der Waals surface area contributed by atoms with E-state index in [9.17, 15) is 9.59 Å². The fourth-order valence-corrected chi connectivity index (χ4v) is 1.57. The van der Waals surface area contributed by atoms with E-state index in [0.717, 1.165) is 0 Å². The molecule has 2 atom stereocenters. The van der Waals surface area contributed by atoms with Gasteiger partial charge in [-0.3, -0.25) is 14.5 Å². The highest BCUT2D eigenvalue weighted by atomic mass is 16.4. The number of carbonyl (C=O) groups is 2. The predicted molar refractivity (Wildman–Crippen MR) is 63.3 cm³/mol. The second kappa shape index (κ2) is 7.24. The zero-order valence-corrected chi connectivity index (χ0v) is 10.8. The van der Waals surface area contributed by atoms with E-state index < -0.39 is 12.1 Å². The average Bonchev–Trinajstić information content (AvgIpc) is 2.43. The number of nitrogens with one attached hydrogen (secondary N) is 1. The molecule has 1 aliphatic heterocycles. The second-order valence-electron chi connectivity index (χ2n) is 4.62. The molecule has 17 heavy (non-hydrogen) atoms. The molecule has 1 fully saturated rings. The van der Waals surface area contributed by atoms with Gasteiger partial charge >= 0.3 is 5.97 Å². The first-order valence-corrected chi connectivity index (χ1v) is 5.63. The predicted octanol–water partition coefficient (Wildman–Crippen LogP) is -0.128. The van der Waals surface area contributed by atoms with E-state index >= 15 is 0 Å². The Kier molecular flexibility index (Phi) is 6.75. The van der Waals surface area contributed by atoms with Crippen LogP contribution in [0.4, 0.5) is 0 Å². The molecule has 1 amide bonds. The van der Waals surface area contributed by atoms with Gasteiger partial charge in [0.05, 0.1) is 25.2 Å². The number of rotatable bonds is 3. The number of hydrogen-bond acceptors (Lipinski definition) is 4. The molecule has 6 heteroatoms. The highest BCUT2D eigenvalue weighted by molar-refractivity contribution is 5.80. The molecule has 1 heterocycles. The van der Waals surface area contributed by atoms with Crippen LogP contribution in [0.25, 0.3) is 0 Å². The van der Waals surface area contributed by atoms with Crippen LogP contribution in [0.5, 0.6) is 0 Å². The Morgan fingerprint density at radius 2 is 2.06 bits per heavy atom. The molecule has 0 aromatic rings. The van der Waals surface area contributed by atoms with Crippen LogP contribution >= 0.6 is 0 Å². The molecule has 0 spiro atoms. The zero-order chi connectivity index (χ0) is 13.6. The molecule has 0 saturated carbocycles. The van der Waals surface area contributed by atoms with Crippen LogP contribution in [-0.2, 0) is 9.59 Å². The van der Waals surface area contributed by atoms with Crippen molar-refractivity contribution < 1.29 is 19.8 Å². The molecular formula is C11H22N2O4. The summed E-state index contributed by atoms with van der Waals surface area (Å²) in [5.41, 5.74) is 0. The molecule has 3 N–H and O–H groups in total. The van der Waals surface area contributed by atoms with Crippen molar-refractivity contribution in [2.45, 2.75) is 39.5 Å². The van der Waals surface area contributed by atoms with Crippen LogP contribution in [0.2, 0.25) is 0 Å². The number of aliphatic hydroxyl groups is 1. The third-order valence-corrected chi connectivity index (χ3v) is 2.28. The summed E-state index contributed by atoms with van der Waals surface area (Å²) in [4.78, 5) is 22.5. The largest absolute Gasteiger partial charge is 0.481 e. The number of carboxylic acid groups (broad SMARTS) is 1. The average molecular weight is 246 g/mol.